The van der Waals surface area contributed by atoms with Gasteiger partial charge in [-0.25, -0.2) is 17.2 Å². The van der Waals surface area contributed by atoms with Crippen LogP contribution in [0, 0.1) is 18.6 Å². The van der Waals surface area contributed by atoms with E-state index in [0.29, 0.717) is 10.4 Å². The Bertz CT molecular complexity index is 1230. The molecule has 0 aliphatic carbocycles. The van der Waals surface area contributed by atoms with Crippen molar-refractivity contribution in [2.75, 3.05) is 15.8 Å². The zero-order chi connectivity index (χ0) is 22.1. The number of aryl methyl sites for hydroxylation is 1. The van der Waals surface area contributed by atoms with Crippen LogP contribution >= 0.6 is 22.9 Å². The highest BCUT2D eigenvalue weighted by molar-refractivity contribution is 7.92. The Kier molecular flexibility index (Phi) is 6.39. The monoisotopic (exact) mass is 471 g/mol. The topological polar surface area (TPSA) is 88.2 Å². The molecule has 11 heteroatoms. The summed E-state index contributed by atoms with van der Waals surface area (Å²) in [6, 6.07) is 6.50. The van der Waals surface area contributed by atoms with Crippen LogP contribution in [0.15, 0.2) is 36.5 Å². The van der Waals surface area contributed by atoms with E-state index in [0.717, 1.165) is 23.6 Å². The summed E-state index contributed by atoms with van der Waals surface area (Å²) in [6.45, 7) is 3.18. The molecule has 2 N–H and O–H groups in total. The number of nitrogens with one attached hydrogen (secondary N) is 2. The number of anilines is 2. The molecule has 0 saturated carbocycles. The normalized spacial score (nSPS) is 11.4. The molecule has 3 aromatic rings. The fourth-order valence-corrected chi connectivity index (χ4v) is 4.38. The third-order valence-electron chi connectivity index (χ3n) is 4.01. The molecule has 3 rings (SSSR count). The average Bonchev–Trinajstić information content (AvgIpc) is 3.02. The fraction of sp³-hybridized carbons (Fsp3) is 0.158. The molecule has 30 heavy (non-hydrogen) atoms. The number of halogens is 3. The highest BCUT2D eigenvalue weighted by Crippen LogP contribution is 2.32. The first kappa shape index (κ1) is 22.1. The maximum Gasteiger partial charge on any atom is 0.265 e. The second-order valence-corrected chi connectivity index (χ2v) is 9.96. The maximum atomic E-state index is 14.1. The van der Waals surface area contributed by atoms with Gasteiger partial charge < -0.3 is 5.32 Å². The van der Waals surface area contributed by atoms with Gasteiger partial charge in [0, 0.05) is 27.2 Å². The summed E-state index contributed by atoms with van der Waals surface area (Å²) in [5.74, 6) is -2.24. The van der Waals surface area contributed by atoms with Gasteiger partial charge in [-0.05, 0) is 38.1 Å². The Labute approximate surface area is 181 Å². The Morgan fingerprint density at radius 3 is 2.53 bits per heavy atom. The number of rotatable bonds is 6. The third kappa shape index (κ3) is 5.13. The summed E-state index contributed by atoms with van der Waals surface area (Å²) in [5, 5.41) is 2.86. The lowest BCUT2D eigenvalue weighted by molar-refractivity contribution is 0.103. The molecule has 1 amide bonds. The molecule has 0 fully saturated rings. The Balaban J connectivity index is 1.86. The Hall–Kier alpha value is -2.56. The number of thiophene rings is 1. The molecule has 0 bridgehead atoms. The smallest absolute Gasteiger partial charge is 0.265 e. The van der Waals surface area contributed by atoms with Crippen LogP contribution < -0.4 is 10.0 Å². The van der Waals surface area contributed by atoms with Gasteiger partial charge in [0.15, 0.2) is 5.82 Å². The van der Waals surface area contributed by atoms with Gasteiger partial charge in [0.05, 0.1) is 22.5 Å². The minimum Gasteiger partial charge on any atom is -0.321 e. The van der Waals surface area contributed by atoms with Crippen LogP contribution in [0.25, 0.3) is 11.3 Å². The molecule has 0 spiro atoms. The lowest BCUT2D eigenvalue weighted by Gasteiger charge is -2.10. The van der Waals surface area contributed by atoms with E-state index in [4.69, 9.17) is 11.6 Å². The van der Waals surface area contributed by atoms with Crippen LogP contribution in [-0.2, 0) is 10.0 Å². The number of amides is 1. The summed E-state index contributed by atoms with van der Waals surface area (Å²) < 4.78 is 53.1. The first-order chi connectivity index (χ1) is 14.1. The summed E-state index contributed by atoms with van der Waals surface area (Å²) >= 11 is 7.14. The number of carbonyl (C=O) groups is 1. The summed E-state index contributed by atoms with van der Waals surface area (Å²) in [5.41, 5.74) is 0.814. The molecular weight excluding hydrogens is 456 g/mol. The molecule has 1 aromatic carbocycles. The lowest BCUT2D eigenvalue weighted by Crippen LogP contribution is -2.15. The van der Waals surface area contributed by atoms with Crippen molar-refractivity contribution < 1.29 is 22.0 Å². The highest BCUT2D eigenvalue weighted by Gasteiger charge is 2.18. The fourth-order valence-electron chi connectivity index (χ4n) is 2.61. The SMILES string of the molecule is CCS(=O)(=O)Nc1cc(Cl)cc(NC(=O)c2cc(-c3ncc(F)cc3F)c(C)s2)c1. The van der Waals surface area contributed by atoms with Crippen molar-refractivity contribution >= 4 is 50.2 Å². The van der Waals surface area contributed by atoms with Crippen LogP contribution in [-0.4, -0.2) is 25.1 Å². The number of aromatic nitrogens is 1. The lowest BCUT2D eigenvalue weighted by atomic mass is 10.1. The number of nitrogens with zero attached hydrogens (tertiary/aromatic N) is 1. The number of hydrogen-bond acceptors (Lipinski definition) is 5. The molecule has 0 unspecified atom stereocenters. The van der Waals surface area contributed by atoms with Gasteiger partial charge >= 0.3 is 0 Å². The van der Waals surface area contributed by atoms with Crippen LogP contribution in [0.2, 0.25) is 5.02 Å². The molecule has 0 saturated heterocycles. The van der Waals surface area contributed by atoms with Crippen LogP contribution in [0.4, 0.5) is 20.2 Å². The van der Waals surface area contributed by atoms with Crippen LogP contribution in [0.5, 0.6) is 0 Å². The van der Waals surface area contributed by atoms with E-state index < -0.39 is 27.6 Å². The van der Waals surface area contributed by atoms with Crippen molar-refractivity contribution in [1.82, 2.24) is 4.98 Å². The number of benzene rings is 1. The van der Waals surface area contributed by atoms with Gasteiger partial charge in [0.2, 0.25) is 10.0 Å². The quantitative estimate of drug-likeness (QED) is 0.525. The van der Waals surface area contributed by atoms with Crippen molar-refractivity contribution in [3.05, 3.63) is 62.9 Å². The molecule has 0 aliphatic rings. The standard InChI is InChI=1S/C19H16ClF2N3O3S2/c1-3-30(27,28)25-14-5-11(20)4-13(7-14)24-19(26)17-8-15(10(2)29-17)18-16(22)6-12(21)9-23-18/h4-9,25H,3H2,1-2H3,(H,24,26). The molecule has 158 valence electrons. The van der Waals surface area contributed by atoms with Crippen molar-refractivity contribution in [2.45, 2.75) is 13.8 Å². The zero-order valence-corrected chi connectivity index (χ0v) is 18.2. The molecule has 0 aliphatic heterocycles. The van der Waals surface area contributed by atoms with Crippen molar-refractivity contribution in [2.24, 2.45) is 0 Å². The third-order valence-corrected chi connectivity index (χ3v) is 6.59. The predicted octanol–water partition coefficient (Wildman–Crippen LogP) is 5.06. The number of sulfonamides is 1. The molecular formula is C19H16ClF2N3O3S2. The first-order valence-corrected chi connectivity index (χ1v) is 11.5. The van der Waals surface area contributed by atoms with Gasteiger partial charge in [0.1, 0.15) is 11.5 Å². The Morgan fingerprint density at radius 1 is 1.17 bits per heavy atom. The maximum absolute atomic E-state index is 14.1. The molecule has 2 heterocycles. The predicted molar refractivity (Wildman–Crippen MR) is 115 cm³/mol. The second kappa shape index (κ2) is 8.66. The molecule has 2 aromatic heterocycles. The van der Waals surface area contributed by atoms with E-state index in [1.807, 2.05) is 0 Å². The van der Waals surface area contributed by atoms with Gasteiger partial charge in [-0.15, -0.1) is 11.3 Å². The summed E-state index contributed by atoms with van der Waals surface area (Å²) in [4.78, 5) is 17.3. The first-order valence-electron chi connectivity index (χ1n) is 8.62. The number of carbonyl (C=O) groups excluding carboxylic acids is 1. The minimum atomic E-state index is -3.52. The number of hydrogen-bond donors (Lipinski definition) is 2. The summed E-state index contributed by atoms with van der Waals surface area (Å²) in [6.07, 6.45) is 0.903. The van der Waals surface area contributed by atoms with Crippen molar-refractivity contribution in [3.8, 4) is 11.3 Å². The van der Waals surface area contributed by atoms with E-state index in [1.54, 1.807) is 6.92 Å². The average molecular weight is 472 g/mol. The molecule has 0 atom stereocenters. The van der Waals surface area contributed by atoms with Crippen molar-refractivity contribution in [3.63, 3.8) is 0 Å². The van der Waals surface area contributed by atoms with E-state index in [9.17, 15) is 22.0 Å². The zero-order valence-electron chi connectivity index (χ0n) is 15.8. The second-order valence-electron chi connectivity index (χ2n) is 6.25. The molecule has 6 nitrogen and oxygen atoms in total. The van der Waals surface area contributed by atoms with Crippen molar-refractivity contribution in [1.29, 1.82) is 0 Å². The van der Waals surface area contributed by atoms with Gasteiger partial charge in [-0.1, -0.05) is 11.6 Å². The highest BCUT2D eigenvalue weighted by atomic mass is 35.5. The Morgan fingerprint density at radius 2 is 1.87 bits per heavy atom. The van der Waals surface area contributed by atoms with E-state index >= 15 is 0 Å². The van der Waals surface area contributed by atoms with Crippen LogP contribution in [0.1, 0.15) is 21.5 Å². The minimum absolute atomic E-state index is 0.0526. The summed E-state index contributed by atoms with van der Waals surface area (Å²) in [7, 11) is -3.52. The van der Waals surface area contributed by atoms with E-state index in [1.165, 1.54) is 31.2 Å². The van der Waals surface area contributed by atoms with Crippen LogP contribution in [0.3, 0.4) is 0 Å². The van der Waals surface area contributed by atoms with Gasteiger partial charge in [0.25, 0.3) is 5.91 Å². The molecule has 0 radical (unpaired) electrons. The largest absolute Gasteiger partial charge is 0.321 e. The van der Waals surface area contributed by atoms with E-state index in [-0.39, 0.29) is 32.7 Å². The van der Waals surface area contributed by atoms with Gasteiger partial charge in [-0.2, -0.15) is 0 Å². The van der Waals surface area contributed by atoms with E-state index in [2.05, 4.69) is 15.0 Å². The number of pyridine rings is 1. The van der Waals surface area contributed by atoms with Gasteiger partial charge in [-0.3, -0.25) is 14.5 Å².